The van der Waals surface area contributed by atoms with Gasteiger partial charge in [0, 0.05) is 17.5 Å². The van der Waals surface area contributed by atoms with Crippen molar-refractivity contribution in [3.63, 3.8) is 0 Å². The maximum absolute atomic E-state index is 11.1. The largest absolute Gasteiger partial charge is 0.391 e. The average molecular weight is 277 g/mol. The molecule has 1 aliphatic rings. The Bertz CT molecular complexity index is 349. The zero-order valence-electron chi connectivity index (χ0n) is 11.9. The summed E-state index contributed by atoms with van der Waals surface area (Å²) in [5.41, 5.74) is -0.200. The molecule has 1 N–H and O–H groups in total. The normalized spacial score (nSPS) is 22.9. The lowest BCUT2D eigenvalue weighted by atomic mass is 9.87. The molecule has 2 atom stereocenters. The highest BCUT2D eigenvalue weighted by Gasteiger charge is 2.38. The van der Waals surface area contributed by atoms with Crippen molar-refractivity contribution < 1.29 is 13.5 Å². The van der Waals surface area contributed by atoms with Gasteiger partial charge in [0.05, 0.1) is 6.10 Å². The highest BCUT2D eigenvalue weighted by atomic mass is 32.2. The van der Waals surface area contributed by atoms with Crippen LogP contribution in [0, 0.1) is 0 Å². The SMILES string of the molecule is CCC(C)(C(O)CCCS(C)(=O)=O)N1CCCC1. The van der Waals surface area contributed by atoms with Crippen LogP contribution in [-0.4, -0.2) is 55.2 Å². The quantitative estimate of drug-likeness (QED) is 0.765. The Hall–Kier alpha value is -0.130. The molecule has 1 rings (SSSR count). The van der Waals surface area contributed by atoms with Gasteiger partial charge >= 0.3 is 0 Å². The molecule has 0 aliphatic carbocycles. The number of likely N-dealkylation sites (tertiary alicyclic amines) is 1. The van der Waals surface area contributed by atoms with E-state index in [2.05, 4.69) is 18.7 Å². The van der Waals surface area contributed by atoms with Gasteiger partial charge in [-0.25, -0.2) is 8.42 Å². The van der Waals surface area contributed by atoms with Crippen LogP contribution in [0.4, 0.5) is 0 Å². The maximum atomic E-state index is 11.1. The van der Waals surface area contributed by atoms with Crippen molar-refractivity contribution in [3.8, 4) is 0 Å². The van der Waals surface area contributed by atoms with E-state index in [0.717, 1.165) is 19.5 Å². The summed E-state index contributed by atoms with van der Waals surface area (Å²) in [5, 5.41) is 10.4. The van der Waals surface area contributed by atoms with E-state index in [-0.39, 0.29) is 11.3 Å². The predicted molar refractivity (Wildman–Crippen MR) is 74.5 cm³/mol. The lowest BCUT2D eigenvalue weighted by Gasteiger charge is -2.42. The monoisotopic (exact) mass is 277 g/mol. The number of hydrogen-bond donors (Lipinski definition) is 1. The zero-order valence-corrected chi connectivity index (χ0v) is 12.7. The van der Waals surface area contributed by atoms with E-state index in [0.29, 0.717) is 12.8 Å². The molecule has 0 radical (unpaired) electrons. The molecule has 108 valence electrons. The minimum Gasteiger partial charge on any atom is -0.391 e. The number of rotatable bonds is 7. The van der Waals surface area contributed by atoms with Crippen LogP contribution in [0.1, 0.15) is 46.0 Å². The van der Waals surface area contributed by atoms with Gasteiger partial charge in [-0.1, -0.05) is 6.92 Å². The van der Waals surface area contributed by atoms with Crippen molar-refractivity contribution in [2.45, 2.75) is 57.6 Å². The van der Waals surface area contributed by atoms with Crippen molar-refractivity contribution >= 4 is 9.84 Å². The second-order valence-electron chi connectivity index (χ2n) is 5.69. The Balaban J connectivity index is 2.53. The summed E-state index contributed by atoms with van der Waals surface area (Å²) in [6.45, 7) is 6.29. The van der Waals surface area contributed by atoms with E-state index < -0.39 is 15.9 Å². The topological polar surface area (TPSA) is 57.6 Å². The van der Waals surface area contributed by atoms with E-state index in [1.54, 1.807) is 0 Å². The van der Waals surface area contributed by atoms with E-state index in [1.165, 1.54) is 19.1 Å². The molecule has 1 heterocycles. The standard InChI is InChI=1S/C13H27NO3S/c1-4-13(2,14-9-5-6-10-14)12(15)8-7-11-18(3,16)17/h12,15H,4-11H2,1-3H3. The van der Waals surface area contributed by atoms with E-state index in [9.17, 15) is 13.5 Å². The minimum absolute atomic E-state index is 0.170. The fraction of sp³-hybridized carbons (Fsp3) is 1.00. The van der Waals surface area contributed by atoms with E-state index in [1.807, 2.05) is 0 Å². The van der Waals surface area contributed by atoms with Crippen molar-refractivity contribution in [1.82, 2.24) is 4.90 Å². The predicted octanol–water partition coefficient (Wildman–Crippen LogP) is 1.44. The Morgan fingerprint density at radius 3 is 2.33 bits per heavy atom. The number of nitrogens with zero attached hydrogens (tertiary/aromatic N) is 1. The van der Waals surface area contributed by atoms with Crippen LogP contribution in [0.25, 0.3) is 0 Å². The van der Waals surface area contributed by atoms with Crippen molar-refractivity contribution in [3.05, 3.63) is 0 Å². The fourth-order valence-corrected chi connectivity index (χ4v) is 3.44. The minimum atomic E-state index is -2.92. The molecule has 0 aromatic heterocycles. The van der Waals surface area contributed by atoms with E-state index in [4.69, 9.17) is 0 Å². The molecular weight excluding hydrogens is 250 g/mol. The molecule has 18 heavy (non-hydrogen) atoms. The number of aliphatic hydroxyl groups excluding tert-OH is 1. The van der Waals surface area contributed by atoms with Crippen molar-refractivity contribution in [2.75, 3.05) is 25.1 Å². The van der Waals surface area contributed by atoms with Gasteiger partial charge in [0.1, 0.15) is 9.84 Å². The summed E-state index contributed by atoms with van der Waals surface area (Å²) in [4.78, 5) is 2.36. The van der Waals surface area contributed by atoms with Crippen LogP contribution < -0.4 is 0 Å². The summed E-state index contributed by atoms with van der Waals surface area (Å²) in [7, 11) is -2.92. The Morgan fingerprint density at radius 1 is 1.33 bits per heavy atom. The number of sulfone groups is 1. The Kier molecular flexibility index (Phi) is 5.62. The molecule has 0 aromatic rings. The van der Waals surface area contributed by atoms with Crippen LogP contribution in [0.5, 0.6) is 0 Å². The third kappa shape index (κ3) is 4.21. The van der Waals surface area contributed by atoms with Gasteiger partial charge in [-0.2, -0.15) is 0 Å². The second kappa shape index (κ2) is 6.35. The lowest BCUT2D eigenvalue weighted by molar-refractivity contribution is -0.0168. The van der Waals surface area contributed by atoms with Gasteiger partial charge < -0.3 is 5.11 Å². The second-order valence-corrected chi connectivity index (χ2v) is 7.95. The van der Waals surface area contributed by atoms with Crippen LogP contribution in [-0.2, 0) is 9.84 Å². The number of hydrogen-bond acceptors (Lipinski definition) is 4. The molecule has 0 spiro atoms. The molecule has 0 aromatic carbocycles. The van der Waals surface area contributed by atoms with E-state index >= 15 is 0 Å². The fourth-order valence-electron chi connectivity index (χ4n) is 2.75. The van der Waals surface area contributed by atoms with Crippen LogP contribution in [0.15, 0.2) is 0 Å². The summed E-state index contributed by atoms with van der Waals surface area (Å²) in [6, 6.07) is 0. The first kappa shape index (κ1) is 15.9. The van der Waals surface area contributed by atoms with Gasteiger partial charge in [-0.15, -0.1) is 0 Å². The summed E-state index contributed by atoms with van der Waals surface area (Å²) in [6.07, 6.45) is 5.21. The number of aliphatic hydroxyl groups is 1. The molecule has 4 nitrogen and oxygen atoms in total. The first-order valence-electron chi connectivity index (χ1n) is 6.90. The third-order valence-corrected chi connectivity index (χ3v) is 5.29. The van der Waals surface area contributed by atoms with Crippen molar-refractivity contribution in [1.29, 1.82) is 0 Å². The molecule has 2 unspecified atom stereocenters. The van der Waals surface area contributed by atoms with Gasteiger partial charge in [0.2, 0.25) is 0 Å². The third-order valence-electron chi connectivity index (χ3n) is 4.25. The molecule has 1 saturated heterocycles. The molecule has 1 fully saturated rings. The highest BCUT2D eigenvalue weighted by molar-refractivity contribution is 7.90. The van der Waals surface area contributed by atoms with Gasteiger partial charge in [0.15, 0.2) is 0 Å². The zero-order chi connectivity index (χ0) is 13.8. The van der Waals surface area contributed by atoms with Crippen LogP contribution in [0.2, 0.25) is 0 Å². The summed E-state index contributed by atoms with van der Waals surface area (Å²) in [5.74, 6) is 0.170. The smallest absolute Gasteiger partial charge is 0.147 e. The maximum Gasteiger partial charge on any atom is 0.147 e. The van der Waals surface area contributed by atoms with Gasteiger partial charge in [0.25, 0.3) is 0 Å². The molecule has 0 amide bonds. The molecule has 5 heteroatoms. The first-order chi connectivity index (χ1) is 8.29. The highest BCUT2D eigenvalue weighted by Crippen LogP contribution is 2.29. The van der Waals surface area contributed by atoms with Crippen LogP contribution >= 0.6 is 0 Å². The molecule has 0 saturated carbocycles. The molecule has 0 bridgehead atoms. The Morgan fingerprint density at radius 2 is 1.89 bits per heavy atom. The van der Waals surface area contributed by atoms with Crippen LogP contribution in [0.3, 0.4) is 0 Å². The van der Waals surface area contributed by atoms with Gasteiger partial charge in [-0.3, -0.25) is 4.90 Å². The lowest BCUT2D eigenvalue weighted by Crippen LogP contribution is -2.53. The van der Waals surface area contributed by atoms with Crippen molar-refractivity contribution in [2.24, 2.45) is 0 Å². The average Bonchev–Trinajstić information content (AvgIpc) is 2.79. The Labute approximate surface area is 111 Å². The summed E-state index contributed by atoms with van der Waals surface area (Å²) >= 11 is 0. The first-order valence-corrected chi connectivity index (χ1v) is 8.96. The van der Waals surface area contributed by atoms with Gasteiger partial charge in [-0.05, 0) is 52.1 Å². The summed E-state index contributed by atoms with van der Waals surface area (Å²) < 4.78 is 22.2. The molecular formula is C13H27NO3S. The molecule has 1 aliphatic heterocycles.